The van der Waals surface area contributed by atoms with Gasteiger partial charge in [-0.3, -0.25) is 4.90 Å². The Kier molecular flexibility index (Phi) is 4.42. The Balaban J connectivity index is 1.68. The fraction of sp³-hybridized carbons (Fsp3) is 1.00. The highest BCUT2D eigenvalue weighted by molar-refractivity contribution is 4.86. The maximum atomic E-state index is 8.77. The third-order valence-electron chi connectivity index (χ3n) is 3.38. The van der Waals surface area contributed by atoms with Gasteiger partial charge in [0.15, 0.2) is 0 Å². The van der Waals surface area contributed by atoms with Gasteiger partial charge in [-0.15, -0.1) is 0 Å². The molecule has 1 N–H and O–H groups in total. The molecule has 1 atom stereocenters. The van der Waals surface area contributed by atoms with Crippen LogP contribution in [0.4, 0.5) is 0 Å². The molecule has 1 saturated heterocycles. The highest BCUT2D eigenvalue weighted by Crippen LogP contribution is 2.28. The molecule has 2 aliphatic rings. The van der Waals surface area contributed by atoms with Crippen molar-refractivity contribution < 1.29 is 9.84 Å². The molecule has 2 fully saturated rings. The van der Waals surface area contributed by atoms with Crippen LogP contribution in [0.2, 0.25) is 0 Å². The van der Waals surface area contributed by atoms with Gasteiger partial charge in [-0.25, -0.2) is 0 Å². The monoisotopic (exact) mass is 213 g/mol. The lowest BCUT2D eigenvalue weighted by molar-refractivity contribution is 0.0692. The normalized spacial score (nSPS) is 26.4. The molecule has 1 aliphatic carbocycles. The Labute approximate surface area is 92.4 Å². The molecule has 0 aromatic heterocycles. The fourth-order valence-electron chi connectivity index (χ4n) is 2.34. The summed E-state index contributed by atoms with van der Waals surface area (Å²) in [5.74, 6) is 0. The maximum Gasteiger partial charge on any atom is 0.0702 e. The Morgan fingerprint density at radius 3 is 2.67 bits per heavy atom. The molecule has 3 heteroatoms. The summed E-state index contributed by atoms with van der Waals surface area (Å²) in [4.78, 5) is 2.58. The van der Waals surface area contributed by atoms with E-state index in [9.17, 15) is 0 Å². The molecule has 0 bridgehead atoms. The summed E-state index contributed by atoms with van der Waals surface area (Å²) in [7, 11) is 0. The highest BCUT2D eigenvalue weighted by Gasteiger charge is 2.31. The minimum absolute atomic E-state index is 0.332. The second-order valence-electron chi connectivity index (χ2n) is 4.79. The van der Waals surface area contributed by atoms with Crippen LogP contribution in [0.25, 0.3) is 0 Å². The molecular weight excluding hydrogens is 190 g/mol. The van der Waals surface area contributed by atoms with Gasteiger partial charge in [-0.05, 0) is 45.1 Å². The summed E-state index contributed by atoms with van der Waals surface area (Å²) in [5.41, 5.74) is 0. The molecule has 3 nitrogen and oxygen atoms in total. The topological polar surface area (TPSA) is 32.7 Å². The standard InChI is InChI=1S/C12H23NO2/c14-8-2-1-7-13(11-5-6-11)10-12-4-3-9-15-12/h11-12,14H,1-10H2/t12-/m0/s1. The van der Waals surface area contributed by atoms with Gasteiger partial charge < -0.3 is 9.84 Å². The summed E-state index contributed by atoms with van der Waals surface area (Å²) in [6.45, 7) is 3.55. The highest BCUT2D eigenvalue weighted by atomic mass is 16.5. The summed E-state index contributed by atoms with van der Waals surface area (Å²) >= 11 is 0. The molecule has 0 radical (unpaired) electrons. The van der Waals surface area contributed by atoms with Gasteiger partial charge in [0, 0.05) is 25.8 Å². The zero-order valence-electron chi connectivity index (χ0n) is 9.53. The van der Waals surface area contributed by atoms with Crippen molar-refractivity contribution in [2.24, 2.45) is 0 Å². The molecule has 0 spiro atoms. The smallest absolute Gasteiger partial charge is 0.0702 e. The van der Waals surface area contributed by atoms with Crippen LogP contribution >= 0.6 is 0 Å². The molecule has 0 aromatic rings. The molecule has 15 heavy (non-hydrogen) atoms. The van der Waals surface area contributed by atoms with E-state index in [0.717, 1.165) is 38.6 Å². The van der Waals surface area contributed by atoms with Crippen LogP contribution in [0, 0.1) is 0 Å². The van der Waals surface area contributed by atoms with Gasteiger partial charge in [-0.2, -0.15) is 0 Å². The van der Waals surface area contributed by atoms with E-state index in [4.69, 9.17) is 9.84 Å². The third-order valence-corrected chi connectivity index (χ3v) is 3.38. The van der Waals surface area contributed by atoms with Crippen LogP contribution in [0.15, 0.2) is 0 Å². The number of unbranched alkanes of at least 4 members (excludes halogenated alkanes) is 1. The Bertz CT molecular complexity index is 176. The number of aliphatic hydroxyl groups excluding tert-OH is 1. The first kappa shape index (κ1) is 11.4. The van der Waals surface area contributed by atoms with Crippen molar-refractivity contribution in [2.45, 2.75) is 50.7 Å². The number of rotatable bonds is 7. The van der Waals surface area contributed by atoms with Crippen LogP contribution in [0.5, 0.6) is 0 Å². The van der Waals surface area contributed by atoms with Crippen molar-refractivity contribution in [1.82, 2.24) is 4.90 Å². The van der Waals surface area contributed by atoms with Gasteiger partial charge in [-0.1, -0.05) is 0 Å². The number of aliphatic hydroxyl groups is 1. The van der Waals surface area contributed by atoms with Crippen LogP contribution < -0.4 is 0 Å². The molecule has 1 heterocycles. The van der Waals surface area contributed by atoms with Gasteiger partial charge in [0.25, 0.3) is 0 Å². The summed E-state index contributed by atoms with van der Waals surface area (Å²) in [6.07, 6.45) is 7.76. The predicted molar refractivity (Wildman–Crippen MR) is 59.9 cm³/mol. The van der Waals surface area contributed by atoms with Crippen molar-refractivity contribution in [2.75, 3.05) is 26.3 Å². The molecule has 88 valence electrons. The van der Waals surface area contributed by atoms with E-state index in [2.05, 4.69) is 4.90 Å². The molecule has 1 saturated carbocycles. The number of hydrogen-bond donors (Lipinski definition) is 1. The summed E-state index contributed by atoms with van der Waals surface area (Å²) < 4.78 is 5.68. The Morgan fingerprint density at radius 1 is 1.20 bits per heavy atom. The van der Waals surface area contributed by atoms with Gasteiger partial charge in [0.2, 0.25) is 0 Å². The molecular formula is C12H23NO2. The van der Waals surface area contributed by atoms with E-state index in [-0.39, 0.29) is 0 Å². The zero-order chi connectivity index (χ0) is 10.5. The lowest BCUT2D eigenvalue weighted by atomic mass is 10.2. The minimum Gasteiger partial charge on any atom is -0.396 e. The summed E-state index contributed by atoms with van der Waals surface area (Å²) in [5, 5.41) is 8.77. The molecule has 1 aliphatic heterocycles. The van der Waals surface area contributed by atoms with Crippen LogP contribution in [0.1, 0.15) is 38.5 Å². The van der Waals surface area contributed by atoms with Gasteiger partial charge in [0.05, 0.1) is 6.10 Å². The summed E-state index contributed by atoms with van der Waals surface area (Å²) in [6, 6.07) is 0.827. The van der Waals surface area contributed by atoms with E-state index in [1.165, 1.54) is 25.7 Å². The number of nitrogens with zero attached hydrogens (tertiary/aromatic N) is 1. The first-order valence-corrected chi connectivity index (χ1v) is 6.36. The van der Waals surface area contributed by atoms with E-state index in [1.54, 1.807) is 0 Å². The van der Waals surface area contributed by atoms with Crippen molar-refractivity contribution in [1.29, 1.82) is 0 Å². The quantitative estimate of drug-likeness (QED) is 0.649. The second kappa shape index (κ2) is 5.83. The molecule has 0 aromatic carbocycles. The lowest BCUT2D eigenvalue weighted by Crippen LogP contribution is -2.34. The maximum absolute atomic E-state index is 8.77. The third kappa shape index (κ3) is 3.74. The first-order valence-electron chi connectivity index (χ1n) is 6.36. The zero-order valence-corrected chi connectivity index (χ0v) is 9.53. The first-order chi connectivity index (χ1) is 7.40. The second-order valence-corrected chi connectivity index (χ2v) is 4.79. The Hall–Kier alpha value is -0.120. The average molecular weight is 213 g/mol. The largest absolute Gasteiger partial charge is 0.396 e. The van der Waals surface area contributed by atoms with Crippen molar-refractivity contribution in [3.8, 4) is 0 Å². The van der Waals surface area contributed by atoms with E-state index in [1.807, 2.05) is 0 Å². The SMILES string of the molecule is OCCCCN(C[C@@H]1CCCO1)C1CC1. The van der Waals surface area contributed by atoms with Crippen molar-refractivity contribution in [3.05, 3.63) is 0 Å². The number of hydrogen-bond acceptors (Lipinski definition) is 3. The van der Waals surface area contributed by atoms with E-state index >= 15 is 0 Å². The fourth-order valence-corrected chi connectivity index (χ4v) is 2.34. The van der Waals surface area contributed by atoms with Crippen LogP contribution in [0.3, 0.4) is 0 Å². The van der Waals surface area contributed by atoms with Gasteiger partial charge in [0.1, 0.15) is 0 Å². The minimum atomic E-state index is 0.332. The van der Waals surface area contributed by atoms with Crippen molar-refractivity contribution >= 4 is 0 Å². The van der Waals surface area contributed by atoms with Crippen LogP contribution in [-0.2, 0) is 4.74 Å². The molecule has 0 amide bonds. The molecule has 0 unspecified atom stereocenters. The predicted octanol–water partition coefficient (Wildman–Crippen LogP) is 1.40. The lowest BCUT2D eigenvalue weighted by Gasteiger charge is -2.24. The number of ether oxygens (including phenoxy) is 1. The van der Waals surface area contributed by atoms with Crippen LogP contribution in [-0.4, -0.2) is 48.5 Å². The Morgan fingerprint density at radius 2 is 2.07 bits per heavy atom. The van der Waals surface area contributed by atoms with Crippen molar-refractivity contribution in [3.63, 3.8) is 0 Å². The van der Waals surface area contributed by atoms with Gasteiger partial charge >= 0.3 is 0 Å². The average Bonchev–Trinajstić information content (AvgIpc) is 2.97. The molecule has 2 rings (SSSR count). The van der Waals surface area contributed by atoms with E-state index < -0.39 is 0 Å². The van der Waals surface area contributed by atoms with E-state index in [0.29, 0.717) is 12.7 Å².